The van der Waals surface area contributed by atoms with Gasteiger partial charge in [-0.1, -0.05) is 6.92 Å². The molecule has 0 amide bonds. The maximum Gasteiger partial charge on any atom is 0.401 e. The molecule has 98 valence electrons. The van der Waals surface area contributed by atoms with E-state index in [1.807, 2.05) is 6.92 Å². The van der Waals surface area contributed by atoms with E-state index in [9.17, 15) is 13.2 Å². The summed E-state index contributed by atoms with van der Waals surface area (Å²) in [4.78, 5) is 1.37. The Morgan fingerprint density at radius 3 is 2.59 bits per heavy atom. The molecule has 0 aromatic carbocycles. The van der Waals surface area contributed by atoms with Crippen LogP contribution in [0, 0.1) is 0 Å². The van der Waals surface area contributed by atoms with Gasteiger partial charge in [0.1, 0.15) is 5.82 Å². The summed E-state index contributed by atoms with van der Waals surface area (Å²) in [5, 5.41) is 3.93. The van der Waals surface area contributed by atoms with Gasteiger partial charge in [-0.3, -0.25) is 9.58 Å². The predicted molar refractivity (Wildman–Crippen MR) is 59.4 cm³/mol. The minimum Gasteiger partial charge on any atom is -0.382 e. The average Bonchev–Trinajstić information content (AvgIpc) is 2.59. The first-order valence-electron chi connectivity index (χ1n) is 5.49. The van der Waals surface area contributed by atoms with Crippen LogP contribution in [0.1, 0.15) is 13.3 Å². The Balaban J connectivity index is 2.44. The molecule has 0 saturated heterocycles. The van der Waals surface area contributed by atoms with Gasteiger partial charge < -0.3 is 5.73 Å². The molecule has 1 aromatic heterocycles. The van der Waals surface area contributed by atoms with Crippen LogP contribution in [0.2, 0.25) is 0 Å². The van der Waals surface area contributed by atoms with Crippen LogP contribution in [0.4, 0.5) is 19.0 Å². The van der Waals surface area contributed by atoms with Crippen molar-refractivity contribution in [2.75, 3.05) is 25.4 Å². The molecule has 0 radical (unpaired) electrons. The van der Waals surface area contributed by atoms with Gasteiger partial charge in [-0.05, 0) is 19.0 Å². The van der Waals surface area contributed by atoms with Crippen molar-refractivity contribution in [3.63, 3.8) is 0 Å². The zero-order valence-corrected chi connectivity index (χ0v) is 9.74. The summed E-state index contributed by atoms with van der Waals surface area (Å²) < 4.78 is 38.4. The first-order chi connectivity index (χ1) is 7.90. The van der Waals surface area contributed by atoms with Crippen LogP contribution in [0.15, 0.2) is 12.3 Å². The lowest BCUT2D eigenvalue weighted by Crippen LogP contribution is -2.37. The Bertz CT molecular complexity index is 335. The average molecular weight is 250 g/mol. The molecule has 0 bridgehead atoms. The number of nitrogens with two attached hydrogens (primary N) is 1. The number of nitrogens with zero attached hydrogens (tertiary/aromatic N) is 3. The Morgan fingerprint density at radius 2 is 2.12 bits per heavy atom. The largest absolute Gasteiger partial charge is 0.401 e. The van der Waals surface area contributed by atoms with Crippen LogP contribution >= 0.6 is 0 Å². The molecule has 2 N–H and O–H groups in total. The smallest absolute Gasteiger partial charge is 0.382 e. The zero-order chi connectivity index (χ0) is 12.9. The summed E-state index contributed by atoms with van der Waals surface area (Å²) in [5.41, 5.74) is 5.42. The molecule has 0 fully saturated rings. The molecule has 1 aromatic rings. The van der Waals surface area contributed by atoms with Gasteiger partial charge in [0.2, 0.25) is 0 Å². The number of hydrogen-bond acceptors (Lipinski definition) is 3. The molecule has 0 saturated carbocycles. The van der Waals surface area contributed by atoms with E-state index in [0.717, 1.165) is 0 Å². The van der Waals surface area contributed by atoms with Gasteiger partial charge in [-0.2, -0.15) is 18.3 Å². The van der Waals surface area contributed by atoms with Crippen molar-refractivity contribution in [1.82, 2.24) is 14.7 Å². The second kappa shape index (κ2) is 5.90. The van der Waals surface area contributed by atoms with E-state index in [1.54, 1.807) is 16.9 Å². The summed E-state index contributed by atoms with van der Waals surface area (Å²) in [5.74, 6) is 0.378. The fourth-order valence-electron chi connectivity index (χ4n) is 1.59. The molecule has 4 nitrogen and oxygen atoms in total. The quantitative estimate of drug-likeness (QED) is 0.836. The summed E-state index contributed by atoms with van der Waals surface area (Å²) in [6, 6.07) is 1.62. The highest BCUT2D eigenvalue weighted by Crippen LogP contribution is 2.16. The van der Waals surface area contributed by atoms with E-state index in [1.165, 1.54) is 4.90 Å². The van der Waals surface area contributed by atoms with Crippen molar-refractivity contribution in [1.29, 1.82) is 0 Å². The lowest BCUT2D eigenvalue weighted by molar-refractivity contribution is -0.146. The van der Waals surface area contributed by atoms with Crippen molar-refractivity contribution in [3.8, 4) is 0 Å². The summed E-state index contributed by atoms with van der Waals surface area (Å²) in [6.45, 7) is 2.13. The van der Waals surface area contributed by atoms with Crippen molar-refractivity contribution < 1.29 is 13.2 Å². The maximum absolute atomic E-state index is 12.3. The molecule has 1 rings (SSSR count). The zero-order valence-electron chi connectivity index (χ0n) is 9.74. The molecule has 17 heavy (non-hydrogen) atoms. The number of alkyl halides is 3. The minimum atomic E-state index is -4.15. The summed E-state index contributed by atoms with van der Waals surface area (Å²) >= 11 is 0. The van der Waals surface area contributed by atoms with Crippen LogP contribution < -0.4 is 5.73 Å². The Morgan fingerprint density at radius 1 is 1.41 bits per heavy atom. The van der Waals surface area contributed by atoms with Gasteiger partial charge in [0.15, 0.2) is 0 Å². The Labute approximate surface area is 98.2 Å². The fraction of sp³-hybridized carbons (Fsp3) is 0.700. The third-order valence-corrected chi connectivity index (χ3v) is 2.25. The van der Waals surface area contributed by atoms with Crippen LogP contribution in [0.25, 0.3) is 0 Å². The van der Waals surface area contributed by atoms with E-state index in [0.29, 0.717) is 31.9 Å². The van der Waals surface area contributed by atoms with Crippen molar-refractivity contribution >= 4 is 5.82 Å². The van der Waals surface area contributed by atoms with Crippen molar-refractivity contribution in [2.45, 2.75) is 26.1 Å². The Kier molecular flexibility index (Phi) is 4.80. The van der Waals surface area contributed by atoms with Crippen LogP contribution in [0.5, 0.6) is 0 Å². The second-order valence-corrected chi connectivity index (χ2v) is 3.90. The Hall–Kier alpha value is -1.24. The van der Waals surface area contributed by atoms with Gasteiger partial charge >= 0.3 is 6.18 Å². The summed E-state index contributed by atoms with van der Waals surface area (Å²) in [6.07, 6.45) is -1.80. The highest BCUT2D eigenvalue weighted by molar-refractivity contribution is 5.23. The van der Waals surface area contributed by atoms with Gasteiger partial charge in [0.25, 0.3) is 0 Å². The van der Waals surface area contributed by atoms with Crippen LogP contribution in [-0.2, 0) is 6.54 Å². The summed E-state index contributed by atoms with van der Waals surface area (Å²) in [7, 11) is 0. The van der Waals surface area contributed by atoms with E-state index in [2.05, 4.69) is 5.10 Å². The van der Waals surface area contributed by atoms with E-state index < -0.39 is 12.7 Å². The number of aromatic nitrogens is 2. The van der Waals surface area contributed by atoms with Crippen LogP contribution in [0.3, 0.4) is 0 Å². The fourth-order valence-corrected chi connectivity index (χ4v) is 1.59. The van der Waals surface area contributed by atoms with E-state index in [4.69, 9.17) is 5.73 Å². The number of rotatable bonds is 6. The normalized spacial score (nSPS) is 12.3. The lowest BCUT2D eigenvalue weighted by Gasteiger charge is -2.22. The van der Waals surface area contributed by atoms with Gasteiger partial charge in [0.05, 0.1) is 13.1 Å². The monoisotopic (exact) mass is 250 g/mol. The topological polar surface area (TPSA) is 47.1 Å². The molecule has 0 unspecified atom stereocenters. The number of halogens is 3. The van der Waals surface area contributed by atoms with E-state index >= 15 is 0 Å². The first-order valence-corrected chi connectivity index (χ1v) is 5.49. The molecule has 0 aliphatic rings. The predicted octanol–water partition coefficient (Wildman–Crippen LogP) is 1.74. The molecule has 0 spiro atoms. The molecule has 0 atom stereocenters. The van der Waals surface area contributed by atoms with Crippen molar-refractivity contribution in [3.05, 3.63) is 12.3 Å². The van der Waals surface area contributed by atoms with Gasteiger partial charge in [-0.25, -0.2) is 0 Å². The van der Waals surface area contributed by atoms with Gasteiger partial charge in [-0.15, -0.1) is 0 Å². The highest BCUT2D eigenvalue weighted by Gasteiger charge is 2.30. The number of hydrogen-bond donors (Lipinski definition) is 1. The first kappa shape index (κ1) is 13.8. The van der Waals surface area contributed by atoms with E-state index in [-0.39, 0.29) is 0 Å². The molecule has 7 heteroatoms. The SMILES string of the molecule is CCCN(CCn1ccc(N)n1)CC(F)(F)F. The number of nitrogen functional groups attached to an aromatic ring is 1. The van der Waals surface area contributed by atoms with Crippen molar-refractivity contribution in [2.24, 2.45) is 0 Å². The highest BCUT2D eigenvalue weighted by atomic mass is 19.4. The molecule has 1 heterocycles. The molecule has 0 aliphatic heterocycles. The maximum atomic E-state index is 12.3. The number of anilines is 1. The second-order valence-electron chi connectivity index (χ2n) is 3.90. The van der Waals surface area contributed by atoms with Gasteiger partial charge in [0, 0.05) is 12.7 Å². The standard InChI is InChI=1S/C10H17F3N4/c1-2-4-16(8-10(11,12)13)6-7-17-5-3-9(14)15-17/h3,5H,2,4,6-8H2,1H3,(H2,14,15). The molecular formula is C10H17F3N4. The third kappa shape index (κ3) is 5.58. The lowest BCUT2D eigenvalue weighted by atomic mass is 10.4. The van der Waals surface area contributed by atoms with Crippen LogP contribution in [-0.4, -0.2) is 40.5 Å². The minimum absolute atomic E-state index is 0.314. The molecule has 0 aliphatic carbocycles. The molecular weight excluding hydrogens is 233 g/mol. The third-order valence-electron chi connectivity index (χ3n) is 2.25.